The van der Waals surface area contributed by atoms with Crippen molar-refractivity contribution in [1.29, 1.82) is 0 Å². The predicted molar refractivity (Wildman–Crippen MR) is 83.8 cm³/mol. The quantitative estimate of drug-likeness (QED) is 0.679. The van der Waals surface area contributed by atoms with Crippen LogP contribution in [0, 0.1) is 0 Å². The van der Waals surface area contributed by atoms with E-state index in [0.29, 0.717) is 12.4 Å². The first-order chi connectivity index (χ1) is 9.76. The summed E-state index contributed by atoms with van der Waals surface area (Å²) in [6, 6.07) is 17.8. The second-order valence-corrected chi connectivity index (χ2v) is 4.64. The lowest BCUT2D eigenvalue weighted by molar-refractivity contribution is 1.07. The number of nitrogens with zero attached hydrogens (tertiary/aromatic N) is 1. The minimum atomic E-state index is 0.501. The fourth-order valence-corrected chi connectivity index (χ4v) is 2.23. The maximum absolute atomic E-state index is 5.86. The molecule has 3 aromatic rings. The molecule has 1 aromatic heterocycles. The van der Waals surface area contributed by atoms with Gasteiger partial charge < -0.3 is 16.8 Å². The predicted octanol–water partition coefficient (Wildman–Crippen LogP) is 3.02. The van der Waals surface area contributed by atoms with Crippen LogP contribution in [0.15, 0.2) is 54.6 Å². The van der Waals surface area contributed by atoms with Crippen molar-refractivity contribution in [3.8, 4) is 0 Å². The zero-order valence-corrected chi connectivity index (χ0v) is 11.0. The van der Waals surface area contributed by atoms with Crippen molar-refractivity contribution in [1.82, 2.24) is 4.98 Å². The first-order valence-corrected chi connectivity index (χ1v) is 6.47. The monoisotopic (exact) mass is 264 g/mol. The van der Waals surface area contributed by atoms with Gasteiger partial charge in [-0.3, -0.25) is 0 Å². The van der Waals surface area contributed by atoms with Crippen LogP contribution in [0.4, 0.5) is 17.2 Å². The molecule has 0 fully saturated rings. The van der Waals surface area contributed by atoms with E-state index in [1.165, 1.54) is 0 Å². The third-order valence-corrected chi connectivity index (χ3v) is 3.18. The number of benzene rings is 2. The van der Waals surface area contributed by atoms with Gasteiger partial charge in [-0.15, -0.1) is 0 Å². The fraction of sp³-hybridized carbons (Fsp3) is 0.0625. The Morgan fingerprint density at radius 3 is 2.70 bits per heavy atom. The van der Waals surface area contributed by atoms with Crippen molar-refractivity contribution in [3.63, 3.8) is 0 Å². The van der Waals surface area contributed by atoms with Crippen molar-refractivity contribution >= 4 is 28.1 Å². The van der Waals surface area contributed by atoms with Gasteiger partial charge in [-0.2, -0.15) is 0 Å². The number of nitrogen functional groups attached to an aromatic ring is 1. The highest BCUT2D eigenvalue weighted by atomic mass is 14.9. The van der Waals surface area contributed by atoms with Crippen molar-refractivity contribution in [3.05, 3.63) is 60.2 Å². The van der Waals surface area contributed by atoms with Crippen molar-refractivity contribution in [2.75, 3.05) is 11.1 Å². The number of pyridine rings is 1. The molecule has 0 aliphatic rings. The van der Waals surface area contributed by atoms with E-state index in [4.69, 9.17) is 11.5 Å². The van der Waals surface area contributed by atoms with Crippen molar-refractivity contribution in [2.24, 2.45) is 5.73 Å². The van der Waals surface area contributed by atoms with Crippen molar-refractivity contribution < 1.29 is 0 Å². The van der Waals surface area contributed by atoms with Crippen LogP contribution in [-0.4, -0.2) is 4.98 Å². The van der Waals surface area contributed by atoms with E-state index < -0.39 is 0 Å². The minimum absolute atomic E-state index is 0.501. The molecule has 4 nitrogen and oxygen atoms in total. The first-order valence-electron chi connectivity index (χ1n) is 6.47. The summed E-state index contributed by atoms with van der Waals surface area (Å²) in [6.07, 6.45) is 0. The number of nitrogens with one attached hydrogen (secondary N) is 1. The van der Waals surface area contributed by atoms with Crippen LogP contribution < -0.4 is 16.8 Å². The van der Waals surface area contributed by atoms with E-state index in [0.717, 1.165) is 27.8 Å². The van der Waals surface area contributed by atoms with Gasteiger partial charge in [-0.05, 0) is 23.8 Å². The summed E-state index contributed by atoms with van der Waals surface area (Å²) in [4.78, 5) is 4.33. The standard InChI is InChI=1S/C16H16N4/c17-10-11-4-3-5-12(8-11)19-15-9-16(18)20-14-7-2-1-6-13(14)15/h1-9H,10,17H2,(H3,18,19,20). The minimum Gasteiger partial charge on any atom is -0.384 e. The van der Waals surface area contributed by atoms with Gasteiger partial charge in [-0.25, -0.2) is 4.98 Å². The van der Waals surface area contributed by atoms with Crippen LogP contribution in [0.25, 0.3) is 10.9 Å². The van der Waals surface area contributed by atoms with Crippen LogP contribution >= 0.6 is 0 Å². The van der Waals surface area contributed by atoms with Gasteiger partial charge in [0.25, 0.3) is 0 Å². The third-order valence-electron chi connectivity index (χ3n) is 3.18. The zero-order chi connectivity index (χ0) is 13.9. The Morgan fingerprint density at radius 1 is 1.00 bits per heavy atom. The molecule has 3 rings (SSSR count). The number of fused-ring (bicyclic) bond motifs is 1. The maximum atomic E-state index is 5.86. The molecule has 0 spiro atoms. The molecule has 2 aromatic carbocycles. The summed E-state index contributed by atoms with van der Waals surface area (Å²) >= 11 is 0. The summed E-state index contributed by atoms with van der Waals surface area (Å²) in [5.74, 6) is 0.501. The van der Waals surface area contributed by atoms with Gasteiger partial charge in [0.2, 0.25) is 0 Å². The highest BCUT2D eigenvalue weighted by Gasteiger charge is 2.04. The van der Waals surface area contributed by atoms with E-state index in [2.05, 4.69) is 10.3 Å². The van der Waals surface area contributed by atoms with Crippen LogP contribution in [0.2, 0.25) is 0 Å². The summed E-state index contributed by atoms with van der Waals surface area (Å²) in [5, 5.41) is 4.43. The van der Waals surface area contributed by atoms with E-state index in [1.807, 2.05) is 54.6 Å². The molecule has 0 bridgehead atoms. The smallest absolute Gasteiger partial charge is 0.126 e. The largest absolute Gasteiger partial charge is 0.384 e. The zero-order valence-electron chi connectivity index (χ0n) is 11.0. The van der Waals surface area contributed by atoms with Crippen LogP contribution in [-0.2, 0) is 6.54 Å². The van der Waals surface area contributed by atoms with Gasteiger partial charge >= 0.3 is 0 Å². The van der Waals surface area contributed by atoms with Gasteiger partial charge in [-0.1, -0.05) is 30.3 Å². The number of aromatic nitrogens is 1. The number of anilines is 3. The summed E-state index contributed by atoms with van der Waals surface area (Å²) in [7, 11) is 0. The second kappa shape index (κ2) is 5.19. The van der Waals surface area contributed by atoms with E-state index in [1.54, 1.807) is 0 Å². The molecule has 0 unspecified atom stereocenters. The van der Waals surface area contributed by atoms with Crippen LogP contribution in [0.1, 0.15) is 5.56 Å². The van der Waals surface area contributed by atoms with Gasteiger partial charge in [0.1, 0.15) is 5.82 Å². The lowest BCUT2D eigenvalue weighted by atomic mass is 10.1. The second-order valence-electron chi connectivity index (χ2n) is 4.64. The van der Waals surface area contributed by atoms with Crippen molar-refractivity contribution in [2.45, 2.75) is 6.54 Å². The summed E-state index contributed by atoms with van der Waals surface area (Å²) < 4.78 is 0. The number of nitrogens with two attached hydrogens (primary N) is 2. The Bertz CT molecular complexity index is 752. The van der Waals surface area contributed by atoms with E-state index >= 15 is 0 Å². The Kier molecular flexibility index (Phi) is 3.23. The molecule has 0 aliphatic heterocycles. The molecular weight excluding hydrogens is 248 g/mol. The molecule has 4 heteroatoms. The molecule has 0 amide bonds. The molecule has 5 N–H and O–H groups in total. The molecule has 0 saturated carbocycles. The van der Waals surface area contributed by atoms with Gasteiger partial charge in [0, 0.05) is 23.7 Å². The first kappa shape index (κ1) is 12.4. The Hall–Kier alpha value is -2.59. The van der Waals surface area contributed by atoms with Crippen LogP contribution in [0.3, 0.4) is 0 Å². The Labute approximate surface area is 117 Å². The highest BCUT2D eigenvalue weighted by molar-refractivity contribution is 5.94. The number of hydrogen-bond donors (Lipinski definition) is 3. The molecule has 100 valence electrons. The fourth-order valence-electron chi connectivity index (χ4n) is 2.23. The molecule has 0 saturated heterocycles. The average Bonchev–Trinajstić information content (AvgIpc) is 2.47. The maximum Gasteiger partial charge on any atom is 0.126 e. The number of hydrogen-bond acceptors (Lipinski definition) is 4. The SMILES string of the molecule is NCc1cccc(Nc2cc(N)nc3ccccc23)c1. The molecule has 0 atom stereocenters. The van der Waals surface area contributed by atoms with Gasteiger partial charge in [0.15, 0.2) is 0 Å². The average molecular weight is 264 g/mol. The third kappa shape index (κ3) is 2.41. The molecule has 1 heterocycles. The summed E-state index contributed by atoms with van der Waals surface area (Å²) in [6.45, 7) is 0.523. The van der Waals surface area contributed by atoms with E-state index in [9.17, 15) is 0 Å². The Balaban J connectivity index is 2.05. The number of para-hydroxylation sites is 1. The molecule has 0 aliphatic carbocycles. The normalized spacial score (nSPS) is 10.7. The van der Waals surface area contributed by atoms with Gasteiger partial charge in [0.05, 0.1) is 11.2 Å². The lowest BCUT2D eigenvalue weighted by Crippen LogP contribution is -1.99. The topological polar surface area (TPSA) is 77.0 Å². The summed E-state index contributed by atoms with van der Waals surface area (Å²) in [5.41, 5.74) is 15.4. The van der Waals surface area contributed by atoms with Crippen LogP contribution in [0.5, 0.6) is 0 Å². The highest BCUT2D eigenvalue weighted by Crippen LogP contribution is 2.27. The number of rotatable bonds is 3. The Morgan fingerprint density at radius 2 is 1.85 bits per heavy atom. The molecular formula is C16H16N4. The van der Waals surface area contributed by atoms with E-state index in [-0.39, 0.29) is 0 Å². The lowest BCUT2D eigenvalue weighted by Gasteiger charge is -2.11. The molecule has 20 heavy (non-hydrogen) atoms. The molecule has 0 radical (unpaired) electrons.